The SMILES string of the molecule is CC(CCc1ccco1)NCC1CNc2c(C(N)=O)cnn2C1. The lowest BCUT2D eigenvalue weighted by Gasteiger charge is -2.27. The minimum atomic E-state index is -0.443. The molecule has 1 amide bonds. The predicted molar refractivity (Wildman–Crippen MR) is 87.2 cm³/mol. The summed E-state index contributed by atoms with van der Waals surface area (Å²) in [5, 5.41) is 11.1. The zero-order valence-corrected chi connectivity index (χ0v) is 13.3. The summed E-state index contributed by atoms with van der Waals surface area (Å²) in [4.78, 5) is 11.3. The summed E-state index contributed by atoms with van der Waals surface area (Å²) in [7, 11) is 0. The normalized spacial score (nSPS) is 18.2. The summed E-state index contributed by atoms with van der Waals surface area (Å²) in [6.07, 6.45) is 5.22. The molecule has 0 saturated heterocycles. The zero-order valence-electron chi connectivity index (χ0n) is 13.3. The first-order chi connectivity index (χ1) is 11.1. The number of aryl methyl sites for hydroxylation is 1. The highest BCUT2D eigenvalue weighted by molar-refractivity contribution is 5.97. The van der Waals surface area contributed by atoms with Gasteiger partial charge in [-0.1, -0.05) is 0 Å². The van der Waals surface area contributed by atoms with Gasteiger partial charge < -0.3 is 20.8 Å². The first kappa shape index (κ1) is 15.6. The summed E-state index contributed by atoms with van der Waals surface area (Å²) in [6, 6.07) is 4.34. The van der Waals surface area contributed by atoms with Gasteiger partial charge in [-0.25, -0.2) is 4.68 Å². The Morgan fingerprint density at radius 1 is 1.65 bits per heavy atom. The largest absolute Gasteiger partial charge is 0.469 e. The second-order valence-corrected chi connectivity index (χ2v) is 6.13. The van der Waals surface area contributed by atoms with Crippen LogP contribution in [-0.4, -0.2) is 34.8 Å². The van der Waals surface area contributed by atoms with Gasteiger partial charge in [-0.15, -0.1) is 0 Å². The van der Waals surface area contributed by atoms with Gasteiger partial charge in [0.25, 0.3) is 5.91 Å². The highest BCUT2D eigenvalue weighted by Crippen LogP contribution is 2.21. The van der Waals surface area contributed by atoms with Gasteiger partial charge in [0.1, 0.15) is 17.1 Å². The van der Waals surface area contributed by atoms with Crippen molar-refractivity contribution in [1.82, 2.24) is 15.1 Å². The molecule has 7 nitrogen and oxygen atoms in total. The van der Waals surface area contributed by atoms with Gasteiger partial charge in [0.05, 0.1) is 12.5 Å². The molecule has 1 aliphatic rings. The number of nitrogens with two attached hydrogens (primary N) is 1. The van der Waals surface area contributed by atoms with E-state index in [9.17, 15) is 4.79 Å². The number of fused-ring (bicyclic) bond motifs is 1. The van der Waals surface area contributed by atoms with Crippen LogP contribution in [0.1, 0.15) is 29.5 Å². The fraction of sp³-hybridized carbons (Fsp3) is 0.500. The van der Waals surface area contributed by atoms with Gasteiger partial charge in [0.15, 0.2) is 0 Å². The maximum atomic E-state index is 11.3. The van der Waals surface area contributed by atoms with E-state index >= 15 is 0 Å². The molecule has 7 heteroatoms. The van der Waals surface area contributed by atoms with Crippen molar-refractivity contribution in [3.63, 3.8) is 0 Å². The number of furan rings is 1. The molecule has 0 spiro atoms. The average molecular weight is 317 g/mol. The quantitative estimate of drug-likeness (QED) is 0.713. The van der Waals surface area contributed by atoms with Crippen LogP contribution in [0.3, 0.4) is 0 Å². The molecule has 4 N–H and O–H groups in total. The lowest BCUT2D eigenvalue weighted by molar-refractivity contribution is 0.100. The molecule has 2 aromatic rings. The van der Waals surface area contributed by atoms with Crippen molar-refractivity contribution in [2.75, 3.05) is 18.4 Å². The third kappa shape index (κ3) is 3.73. The van der Waals surface area contributed by atoms with Gasteiger partial charge in [-0.2, -0.15) is 5.10 Å². The number of hydrogen-bond donors (Lipinski definition) is 3. The number of carbonyl (C=O) groups excluding carboxylic acids is 1. The molecule has 2 atom stereocenters. The van der Waals surface area contributed by atoms with Crippen molar-refractivity contribution in [1.29, 1.82) is 0 Å². The number of rotatable bonds is 7. The maximum absolute atomic E-state index is 11.3. The standard InChI is InChI=1S/C16H23N5O2/c1-11(4-5-13-3-2-6-23-13)18-7-12-8-19-16-14(15(17)22)9-20-21(16)10-12/h2-3,6,9,11-12,18-19H,4-5,7-8,10H2,1H3,(H2,17,22). The second-order valence-electron chi connectivity index (χ2n) is 6.13. The van der Waals surface area contributed by atoms with E-state index in [2.05, 4.69) is 22.7 Å². The molecular weight excluding hydrogens is 294 g/mol. The molecule has 2 unspecified atom stereocenters. The van der Waals surface area contributed by atoms with E-state index in [1.165, 1.54) is 6.20 Å². The van der Waals surface area contributed by atoms with E-state index in [1.54, 1.807) is 6.26 Å². The van der Waals surface area contributed by atoms with Gasteiger partial charge in [0.2, 0.25) is 0 Å². The summed E-state index contributed by atoms with van der Waals surface area (Å²) >= 11 is 0. The van der Waals surface area contributed by atoms with Crippen molar-refractivity contribution in [3.8, 4) is 0 Å². The molecule has 0 aliphatic carbocycles. The monoisotopic (exact) mass is 317 g/mol. The number of hydrogen-bond acceptors (Lipinski definition) is 5. The fourth-order valence-corrected chi connectivity index (χ4v) is 2.86. The number of nitrogens with one attached hydrogen (secondary N) is 2. The maximum Gasteiger partial charge on any atom is 0.254 e. The van der Waals surface area contributed by atoms with Crippen LogP contribution in [0.2, 0.25) is 0 Å². The fourth-order valence-electron chi connectivity index (χ4n) is 2.86. The van der Waals surface area contributed by atoms with Gasteiger partial charge in [-0.05, 0) is 25.5 Å². The number of aromatic nitrogens is 2. The molecule has 3 heterocycles. The van der Waals surface area contributed by atoms with Gasteiger partial charge in [-0.3, -0.25) is 4.79 Å². The number of carbonyl (C=O) groups is 1. The molecule has 1 aliphatic heterocycles. The van der Waals surface area contributed by atoms with E-state index < -0.39 is 5.91 Å². The van der Waals surface area contributed by atoms with E-state index in [-0.39, 0.29) is 0 Å². The smallest absolute Gasteiger partial charge is 0.254 e. The third-order valence-corrected chi connectivity index (χ3v) is 4.25. The van der Waals surface area contributed by atoms with Crippen LogP contribution in [0, 0.1) is 5.92 Å². The Morgan fingerprint density at radius 2 is 2.52 bits per heavy atom. The average Bonchev–Trinajstić information content (AvgIpc) is 3.19. The van der Waals surface area contributed by atoms with E-state index in [4.69, 9.17) is 10.2 Å². The van der Waals surface area contributed by atoms with Crippen molar-refractivity contribution >= 4 is 11.7 Å². The molecule has 23 heavy (non-hydrogen) atoms. The Balaban J connectivity index is 1.45. The van der Waals surface area contributed by atoms with Crippen LogP contribution in [0.4, 0.5) is 5.82 Å². The molecule has 0 radical (unpaired) electrons. The lowest BCUT2D eigenvalue weighted by Crippen LogP contribution is -2.39. The van der Waals surface area contributed by atoms with Crippen molar-refractivity contribution < 1.29 is 9.21 Å². The number of amides is 1. The molecule has 0 aromatic carbocycles. The summed E-state index contributed by atoms with van der Waals surface area (Å²) in [6.45, 7) is 4.68. The van der Waals surface area contributed by atoms with Crippen LogP contribution < -0.4 is 16.4 Å². The first-order valence-electron chi connectivity index (χ1n) is 7.98. The van der Waals surface area contributed by atoms with Gasteiger partial charge in [0, 0.05) is 38.0 Å². The Bertz CT molecular complexity index is 649. The molecule has 0 saturated carbocycles. The minimum Gasteiger partial charge on any atom is -0.469 e. The minimum absolute atomic E-state index is 0.417. The van der Waals surface area contributed by atoms with Crippen LogP contribution in [0.5, 0.6) is 0 Å². The summed E-state index contributed by atoms with van der Waals surface area (Å²) < 4.78 is 7.17. The molecule has 0 bridgehead atoms. The van der Waals surface area contributed by atoms with Crippen LogP contribution in [-0.2, 0) is 13.0 Å². The third-order valence-electron chi connectivity index (χ3n) is 4.25. The highest BCUT2D eigenvalue weighted by Gasteiger charge is 2.23. The molecule has 0 fully saturated rings. The molecule has 3 rings (SSSR count). The van der Waals surface area contributed by atoms with Crippen molar-refractivity contribution in [2.45, 2.75) is 32.4 Å². The molecule has 2 aromatic heterocycles. The second kappa shape index (κ2) is 6.87. The number of primary amides is 1. The zero-order chi connectivity index (χ0) is 16.2. The Kier molecular flexibility index (Phi) is 4.66. The number of nitrogens with zero attached hydrogens (tertiary/aromatic N) is 2. The van der Waals surface area contributed by atoms with E-state index in [0.717, 1.165) is 44.1 Å². The van der Waals surface area contributed by atoms with Crippen LogP contribution >= 0.6 is 0 Å². The Hall–Kier alpha value is -2.28. The summed E-state index contributed by atoms with van der Waals surface area (Å²) in [5.74, 6) is 1.74. The summed E-state index contributed by atoms with van der Waals surface area (Å²) in [5.41, 5.74) is 5.80. The molecule has 124 valence electrons. The number of anilines is 1. The van der Waals surface area contributed by atoms with Crippen molar-refractivity contribution in [2.24, 2.45) is 11.7 Å². The van der Waals surface area contributed by atoms with Crippen molar-refractivity contribution in [3.05, 3.63) is 35.9 Å². The van der Waals surface area contributed by atoms with E-state index in [1.807, 2.05) is 16.8 Å². The molecular formula is C16H23N5O2. The predicted octanol–water partition coefficient (Wildman–Crippen LogP) is 1.23. The Labute approximate surface area is 135 Å². The highest BCUT2D eigenvalue weighted by atomic mass is 16.3. The Morgan fingerprint density at radius 3 is 3.26 bits per heavy atom. The first-order valence-corrected chi connectivity index (χ1v) is 7.98. The van der Waals surface area contributed by atoms with Crippen LogP contribution in [0.25, 0.3) is 0 Å². The lowest BCUT2D eigenvalue weighted by atomic mass is 10.1. The van der Waals surface area contributed by atoms with E-state index in [0.29, 0.717) is 17.5 Å². The van der Waals surface area contributed by atoms with Gasteiger partial charge >= 0.3 is 0 Å². The topological polar surface area (TPSA) is 98.1 Å². The van der Waals surface area contributed by atoms with Crippen LogP contribution in [0.15, 0.2) is 29.0 Å².